The Morgan fingerprint density at radius 2 is 1.78 bits per heavy atom. The predicted octanol–water partition coefficient (Wildman–Crippen LogP) is 5.92. The van der Waals surface area contributed by atoms with Crippen molar-refractivity contribution in [1.82, 2.24) is 0 Å². The molecule has 3 nitrogen and oxygen atoms in total. The van der Waals surface area contributed by atoms with Crippen molar-refractivity contribution in [3.8, 4) is 0 Å². The summed E-state index contributed by atoms with van der Waals surface area (Å²) >= 11 is 3.47. The van der Waals surface area contributed by atoms with Gasteiger partial charge in [-0.25, -0.2) is 4.79 Å². The maximum absolute atomic E-state index is 12.3. The van der Waals surface area contributed by atoms with Gasteiger partial charge in [-0.3, -0.25) is 0 Å². The van der Waals surface area contributed by atoms with E-state index in [2.05, 4.69) is 59.4 Å². The van der Waals surface area contributed by atoms with Crippen molar-refractivity contribution < 1.29 is 9.90 Å². The Kier molecular flexibility index (Phi) is 4.42. The minimum absolute atomic E-state index is 0.0153. The van der Waals surface area contributed by atoms with Crippen molar-refractivity contribution in [2.24, 2.45) is 0 Å². The summed E-state index contributed by atoms with van der Waals surface area (Å²) in [6.45, 7) is 4.38. The van der Waals surface area contributed by atoms with Gasteiger partial charge in [0.05, 0.1) is 0 Å². The molecule has 2 aromatic rings. The third kappa shape index (κ3) is 2.91. The number of hydrogen-bond donors (Lipinski definition) is 2. The number of carboxylic acid groups (broad SMARTS) is 1. The molecule has 140 valence electrons. The average Bonchev–Trinajstić information content (AvgIpc) is 2.90. The van der Waals surface area contributed by atoms with Crippen molar-refractivity contribution in [3.05, 3.63) is 69.2 Å². The van der Waals surface area contributed by atoms with Gasteiger partial charge in [0.15, 0.2) is 0 Å². The smallest absolute Gasteiger partial charge is 0.329 e. The number of fused-ring (bicyclic) bond motifs is 2. The van der Waals surface area contributed by atoms with Crippen molar-refractivity contribution in [2.75, 3.05) is 5.32 Å². The second-order valence-corrected chi connectivity index (χ2v) is 8.89. The minimum atomic E-state index is -0.919. The number of halogens is 1. The van der Waals surface area contributed by atoms with Gasteiger partial charge in [-0.1, -0.05) is 51.8 Å². The van der Waals surface area contributed by atoms with Gasteiger partial charge in [0.2, 0.25) is 0 Å². The van der Waals surface area contributed by atoms with Crippen LogP contribution < -0.4 is 5.32 Å². The normalized spacial score (nSPS) is 26.6. The third-order valence-corrected chi connectivity index (χ3v) is 6.98. The predicted molar refractivity (Wildman–Crippen MR) is 113 cm³/mol. The zero-order chi connectivity index (χ0) is 19.2. The summed E-state index contributed by atoms with van der Waals surface area (Å²) in [6.07, 6.45) is 5.19. The first-order valence-electron chi connectivity index (χ1n) is 9.42. The van der Waals surface area contributed by atoms with Crippen molar-refractivity contribution >= 4 is 33.7 Å². The highest BCUT2D eigenvalue weighted by atomic mass is 79.9. The monoisotopic (exact) mass is 425 g/mol. The molecule has 0 radical (unpaired) electrons. The van der Waals surface area contributed by atoms with E-state index in [9.17, 15) is 9.90 Å². The van der Waals surface area contributed by atoms with Crippen LogP contribution in [-0.4, -0.2) is 16.6 Å². The minimum Gasteiger partial charge on any atom is -0.480 e. The fraction of sp³-hybridized carbons (Fsp3) is 0.348. The standard InChI is InChI=1S/C23H24BrNO2/c1-15-5-3-6-17-13-16(2)22(20(15)17)9-11-23(12-10-22,21(26)27)25-19-8-4-7-18(24)14-19/h3-8,13-14,25H,9-12H2,1-2H3,(H,26,27). The van der Waals surface area contributed by atoms with Gasteiger partial charge in [-0.2, -0.15) is 0 Å². The number of aliphatic carboxylic acids is 1. The molecule has 0 bridgehead atoms. The van der Waals surface area contributed by atoms with Gasteiger partial charge in [-0.15, -0.1) is 0 Å². The van der Waals surface area contributed by atoms with E-state index < -0.39 is 11.5 Å². The first kappa shape index (κ1) is 18.3. The van der Waals surface area contributed by atoms with E-state index in [0.29, 0.717) is 12.8 Å². The lowest BCUT2D eigenvalue weighted by Crippen LogP contribution is -2.52. The SMILES string of the molecule is CC1=Cc2cccc(C)c2C12CCC(Nc1cccc(Br)c1)(C(=O)O)CC2. The topological polar surface area (TPSA) is 49.3 Å². The lowest BCUT2D eigenvalue weighted by molar-refractivity contribution is -0.143. The molecule has 1 spiro atoms. The first-order chi connectivity index (χ1) is 12.9. The lowest BCUT2D eigenvalue weighted by atomic mass is 9.62. The molecule has 1 fully saturated rings. The van der Waals surface area contributed by atoms with Crippen LogP contribution in [0.25, 0.3) is 6.08 Å². The van der Waals surface area contributed by atoms with E-state index in [1.165, 1.54) is 22.3 Å². The number of hydrogen-bond acceptors (Lipinski definition) is 2. The second kappa shape index (κ2) is 6.52. The fourth-order valence-corrected chi connectivity index (χ4v) is 5.42. The number of benzene rings is 2. The summed E-state index contributed by atoms with van der Waals surface area (Å²) in [7, 11) is 0. The third-order valence-electron chi connectivity index (χ3n) is 6.49. The van der Waals surface area contributed by atoms with E-state index in [1.807, 2.05) is 24.3 Å². The van der Waals surface area contributed by atoms with E-state index in [0.717, 1.165) is 23.0 Å². The molecule has 0 aromatic heterocycles. The maximum atomic E-state index is 12.3. The molecule has 4 rings (SSSR count). The van der Waals surface area contributed by atoms with Crippen LogP contribution in [0.4, 0.5) is 5.69 Å². The van der Waals surface area contributed by atoms with Gasteiger partial charge in [0.25, 0.3) is 0 Å². The molecule has 4 heteroatoms. The Hall–Kier alpha value is -2.07. The molecule has 27 heavy (non-hydrogen) atoms. The number of aryl methyl sites for hydroxylation is 1. The molecule has 0 unspecified atom stereocenters. The van der Waals surface area contributed by atoms with Gasteiger partial charge in [-0.05, 0) is 74.4 Å². The Morgan fingerprint density at radius 1 is 1.07 bits per heavy atom. The Labute approximate surface area is 168 Å². The Balaban J connectivity index is 1.66. The first-order valence-corrected chi connectivity index (χ1v) is 10.2. The molecule has 0 aliphatic heterocycles. The number of nitrogens with one attached hydrogen (secondary N) is 1. The van der Waals surface area contributed by atoms with Crippen LogP contribution in [-0.2, 0) is 10.2 Å². The lowest BCUT2D eigenvalue weighted by Gasteiger charge is -2.45. The Morgan fingerprint density at radius 3 is 2.44 bits per heavy atom. The molecule has 2 aromatic carbocycles. The zero-order valence-corrected chi connectivity index (χ0v) is 17.3. The van der Waals surface area contributed by atoms with Gasteiger partial charge in [0.1, 0.15) is 5.54 Å². The number of rotatable bonds is 3. The molecule has 0 heterocycles. The van der Waals surface area contributed by atoms with Gasteiger partial charge < -0.3 is 10.4 Å². The summed E-state index contributed by atoms with van der Waals surface area (Å²) < 4.78 is 0.944. The van der Waals surface area contributed by atoms with Crippen molar-refractivity contribution in [2.45, 2.75) is 50.5 Å². The molecule has 2 aliphatic carbocycles. The summed E-state index contributed by atoms with van der Waals surface area (Å²) in [5.74, 6) is -0.762. The van der Waals surface area contributed by atoms with Crippen LogP contribution in [0.1, 0.15) is 49.3 Å². The van der Waals surface area contributed by atoms with Gasteiger partial charge in [0, 0.05) is 15.6 Å². The average molecular weight is 426 g/mol. The van der Waals surface area contributed by atoms with E-state index in [1.54, 1.807) is 0 Å². The summed E-state index contributed by atoms with van der Waals surface area (Å²) in [5, 5.41) is 13.4. The molecule has 0 saturated heterocycles. The fourth-order valence-electron chi connectivity index (χ4n) is 5.02. The number of carboxylic acids is 1. The van der Waals surface area contributed by atoms with Gasteiger partial charge >= 0.3 is 5.97 Å². The van der Waals surface area contributed by atoms with Crippen LogP contribution in [0.2, 0.25) is 0 Å². The molecular weight excluding hydrogens is 402 g/mol. The molecular formula is C23H24BrNO2. The van der Waals surface area contributed by atoms with Crippen LogP contribution in [0.15, 0.2) is 52.5 Å². The van der Waals surface area contributed by atoms with Crippen LogP contribution in [0.5, 0.6) is 0 Å². The second-order valence-electron chi connectivity index (χ2n) is 7.97. The maximum Gasteiger partial charge on any atom is 0.329 e. The summed E-state index contributed by atoms with van der Waals surface area (Å²) in [5.41, 5.74) is 5.30. The van der Waals surface area contributed by atoms with Crippen molar-refractivity contribution in [1.29, 1.82) is 0 Å². The summed E-state index contributed by atoms with van der Waals surface area (Å²) in [6, 6.07) is 14.2. The van der Waals surface area contributed by atoms with E-state index >= 15 is 0 Å². The Bertz CT molecular complexity index is 939. The van der Waals surface area contributed by atoms with Crippen LogP contribution >= 0.6 is 15.9 Å². The number of allylic oxidation sites excluding steroid dienone is 1. The summed E-state index contributed by atoms with van der Waals surface area (Å²) in [4.78, 5) is 12.3. The molecule has 2 aliphatic rings. The quantitative estimate of drug-likeness (QED) is 0.641. The zero-order valence-electron chi connectivity index (χ0n) is 15.7. The molecule has 0 atom stereocenters. The number of carbonyl (C=O) groups is 1. The molecule has 0 amide bonds. The van der Waals surface area contributed by atoms with Crippen molar-refractivity contribution in [3.63, 3.8) is 0 Å². The highest BCUT2D eigenvalue weighted by molar-refractivity contribution is 9.10. The highest BCUT2D eigenvalue weighted by Crippen LogP contribution is 2.54. The van der Waals surface area contributed by atoms with E-state index in [4.69, 9.17) is 0 Å². The number of anilines is 1. The van der Waals surface area contributed by atoms with Crippen LogP contribution in [0.3, 0.4) is 0 Å². The molecule has 1 saturated carbocycles. The largest absolute Gasteiger partial charge is 0.480 e. The van der Waals surface area contributed by atoms with E-state index in [-0.39, 0.29) is 5.41 Å². The molecule has 2 N–H and O–H groups in total. The van der Waals surface area contributed by atoms with Crippen LogP contribution in [0, 0.1) is 6.92 Å². The highest BCUT2D eigenvalue weighted by Gasteiger charge is 2.51.